The number of hydrogen-bond acceptors (Lipinski definition) is 2. The van der Waals surface area contributed by atoms with Crippen LogP contribution in [0.4, 0.5) is 0 Å². The van der Waals surface area contributed by atoms with Crippen LogP contribution in [0, 0.1) is 12.8 Å². The third-order valence-electron chi connectivity index (χ3n) is 4.94. The van der Waals surface area contributed by atoms with Crippen molar-refractivity contribution >= 4 is 10.9 Å². The molecule has 112 valence electrons. The van der Waals surface area contributed by atoms with E-state index in [-0.39, 0.29) is 0 Å². The average molecular weight is 282 g/mol. The maximum atomic E-state index is 4.95. The molecule has 0 spiro atoms. The first-order chi connectivity index (χ1) is 10.3. The van der Waals surface area contributed by atoms with Gasteiger partial charge in [0, 0.05) is 5.39 Å². The van der Waals surface area contributed by atoms with Crippen molar-refractivity contribution in [1.82, 2.24) is 10.3 Å². The van der Waals surface area contributed by atoms with E-state index in [2.05, 4.69) is 49.6 Å². The van der Waals surface area contributed by atoms with Crippen molar-refractivity contribution < 1.29 is 0 Å². The van der Waals surface area contributed by atoms with Crippen LogP contribution in [0.3, 0.4) is 0 Å². The molecule has 0 radical (unpaired) electrons. The normalized spacial score (nSPS) is 18.6. The molecule has 3 rings (SSSR count). The van der Waals surface area contributed by atoms with Crippen molar-refractivity contribution in [3.05, 3.63) is 41.6 Å². The number of nitrogens with one attached hydrogen (secondary N) is 1. The molecule has 0 amide bonds. The summed E-state index contributed by atoms with van der Waals surface area (Å²) in [5, 5.41) is 4.82. The highest BCUT2D eigenvalue weighted by atomic mass is 14.9. The molecule has 0 bridgehead atoms. The lowest BCUT2D eigenvalue weighted by Gasteiger charge is -2.26. The molecule has 1 fully saturated rings. The van der Waals surface area contributed by atoms with Gasteiger partial charge in [-0.25, -0.2) is 0 Å². The smallest absolute Gasteiger partial charge is 0.0708 e. The molecule has 1 aliphatic carbocycles. The van der Waals surface area contributed by atoms with E-state index in [0.29, 0.717) is 6.04 Å². The van der Waals surface area contributed by atoms with Crippen LogP contribution in [0.25, 0.3) is 10.9 Å². The maximum absolute atomic E-state index is 4.95. The predicted molar refractivity (Wildman–Crippen MR) is 89.5 cm³/mol. The van der Waals surface area contributed by atoms with Crippen LogP contribution in [0.1, 0.15) is 55.8 Å². The molecule has 2 aromatic rings. The Morgan fingerprint density at radius 1 is 1.10 bits per heavy atom. The van der Waals surface area contributed by atoms with Crippen LogP contribution in [-0.4, -0.2) is 12.0 Å². The van der Waals surface area contributed by atoms with Crippen LogP contribution in [0.2, 0.25) is 0 Å². The summed E-state index contributed by atoms with van der Waals surface area (Å²) in [5.74, 6) is 0.727. The maximum Gasteiger partial charge on any atom is 0.0708 e. The summed E-state index contributed by atoms with van der Waals surface area (Å²) in [6.07, 6.45) is 8.21. The zero-order valence-corrected chi connectivity index (χ0v) is 13.2. The van der Waals surface area contributed by atoms with E-state index in [1.54, 1.807) is 0 Å². The van der Waals surface area contributed by atoms with Gasteiger partial charge in [-0.3, -0.25) is 4.98 Å². The molecule has 1 N–H and O–H groups in total. The standard InChI is InChI=1S/C19H26N2/c1-14-13-18(21-17-12-8-7-11-16(14)17)19(20-2)15-9-5-3-4-6-10-15/h7-8,11-13,15,19-20H,3-6,9-10H2,1-2H3. The molecule has 0 saturated heterocycles. The molecule has 1 aromatic carbocycles. The lowest BCUT2D eigenvalue weighted by molar-refractivity contribution is 0.336. The molecular weight excluding hydrogens is 256 g/mol. The molecule has 2 nitrogen and oxygen atoms in total. The second-order valence-corrected chi connectivity index (χ2v) is 6.40. The lowest BCUT2D eigenvalue weighted by Crippen LogP contribution is -2.26. The van der Waals surface area contributed by atoms with Gasteiger partial charge in [-0.15, -0.1) is 0 Å². The van der Waals surface area contributed by atoms with Gasteiger partial charge >= 0.3 is 0 Å². The van der Waals surface area contributed by atoms with Crippen molar-refractivity contribution in [1.29, 1.82) is 0 Å². The van der Waals surface area contributed by atoms with Gasteiger partial charge < -0.3 is 5.32 Å². The first kappa shape index (κ1) is 14.5. The third-order valence-corrected chi connectivity index (χ3v) is 4.94. The Morgan fingerprint density at radius 2 is 1.81 bits per heavy atom. The van der Waals surface area contributed by atoms with E-state index in [1.165, 1.54) is 55.2 Å². The van der Waals surface area contributed by atoms with Crippen molar-refractivity contribution in [2.45, 2.75) is 51.5 Å². The molecule has 1 unspecified atom stereocenters. The summed E-state index contributed by atoms with van der Waals surface area (Å²) < 4.78 is 0. The summed E-state index contributed by atoms with van der Waals surface area (Å²) in [7, 11) is 2.09. The topological polar surface area (TPSA) is 24.9 Å². The highest BCUT2D eigenvalue weighted by Crippen LogP contribution is 2.33. The minimum Gasteiger partial charge on any atom is -0.311 e. The minimum absolute atomic E-state index is 0.395. The number of rotatable bonds is 3. The molecule has 1 atom stereocenters. The van der Waals surface area contributed by atoms with Gasteiger partial charge in [0.15, 0.2) is 0 Å². The Labute approximate surface area is 128 Å². The third kappa shape index (κ3) is 3.11. The largest absolute Gasteiger partial charge is 0.311 e. The van der Waals surface area contributed by atoms with Gasteiger partial charge in [-0.2, -0.15) is 0 Å². The van der Waals surface area contributed by atoms with Gasteiger partial charge in [0.05, 0.1) is 17.3 Å². The van der Waals surface area contributed by atoms with Crippen molar-refractivity contribution in [2.75, 3.05) is 7.05 Å². The zero-order valence-electron chi connectivity index (χ0n) is 13.2. The van der Waals surface area contributed by atoms with Gasteiger partial charge in [0.1, 0.15) is 0 Å². The summed E-state index contributed by atoms with van der Waals surface area (Å²) in [6, 6.07) is 11.2. The molecule has 1 aliphatic rings. The molecule has 1 heterocycles. The van der Waals surface area contributed by atoms with Crippen molar-refractivity contribution in [3.63, 3.8) is 0 Å². The summed E-state index contributed by atoms with van der Waals surface area (Å²) in [5.41, 5.74) is 3.69. The highest BCUT2D eigenvalue weighted by Gasteiger charge is 2.24. The summed E-state index contributed by atoms with van der Waals surface area (Å²) in [4.78, 5) is 4.95. The number of nitrogens with zero attached hydrogens (tertiary/aromatic N) is 1. The monoisotopic (exact) mass is 282 g/mol. The summed E-state index contributed by atoms with van der Waals surface area (Å²) >= 11 is 0. The van der Waals surface area contributed by atoms with E-state index < -0.39 is 0 Å². The Bertz CT molecular complexity index is 598. The average Bonchev–Trinajstić information content (AvgIpc) is 2.77. The highest BCUT2D eigenvalue weighted by molar-refractivity contribution is 5.82. The zero-order chi connectivity index (χ0) is 14.7. The number of aryl methyl sites for hydroxylation is 1. The molecule has 1 saturated carbocycles. The van der Waals surface area contributed by atoms with E-state index in [9.17, 15) is 0 Å². The number of fused-ring (bicyclic) bond motifs is 1. The molecule has 1 aromatic heterocycles. The number of pyridine rings is 1. The molecule has 2 heteroatoms. The lowest BCUT2D eigenvalue weighted by atomic mass is 9.89. The fraction of sp³-hybridized carbons (Fsp3) is 0.526. The van der Waals surface area contributed by atoms with Crippen LogP contribution in [0.5, 0.6) is 0 Å². The second kappa shape index (κ2) is 6.57. The van der Waals surface area contributed by atoms with E-state index in [0.717, 1.165) is 11.4 Å². The minimum atomic E-state index is 0.395. The van der Waals surface area contributed by atoms with E-state index in [1.807, 2.05) is 0 Å². The van der Waals surface area contributed by atoms with Crippen LogP contribution >= 0.6 is 0 Å². The Kier molecular flexibility index (Phi) is 4.54. The number of benzene rings is 1. The number of aromatic nitrogens is 1. The van der Waals surface area contributed by atoms with Crippen molar-refractivity contribution in [2.24, 2.45) is 5.92 Å². The van der Waals surface area contributed by atoms with Gasteiger partial charge in [-0.05, 0) is 50.4 Å². The summed E-state index contributed by atoms with van der Waals surface area (Å²) in [6.45, 7) is 2.20. The Hall–Kier alpha value is -1.41. The van der Waals surface area contributed by atoms with Crippen LogP contribution in [-0.2, 0) is 0 Å². The Balaban J connectivity index is 1.96. The fourth-order valence-electron chi connectivity index (χ4n) is 3.80. The van der Waals surface area contributed by atoms with Crippen molar-refractivity contribution in [3.8, 4) is 0 Å². The Morgan fingerprint density at radius 3 is 2.52 bits per heavy atom. The molecular formula is C19H26N2. The second-order valence-electron chi connectivity index (χ2n) is 6.40. The van der Waals surface area contributed by atoms with Gasteiger partial charge in [-0.1, -0.05) is 43.9 Å². The first-order valence-corrected chi connectivity index (χ1v) is 8.33. The predicted octanol–water partition coefficient (Wildman–Crippen LogP) is 4.77. The first-order valence-electron chi connectivity index (χ1n) is 8.33. The van der Waals surface area contributed by atoms with Gasteiger partial charge in [0.25, 0.3) is 0 Å². The SMILES string of the molecule is CNC(c1cc(C)c2ccccc2n1)C1CCCCCC1. The van der Waals surface area contributed by atoms with Gasteiger partial charge in [0.2, 0.25) is 0 Å². The van der Waals surface area contributed by atoms with E-state index >= 15 is 0 Å². The molecule has 21 heavy (non-hydrogen) atoms. The van der Waals surface area contributed by atoms with E-state index in [4.69, 9.17) is 4.98 Å². The number of hydrogen-bond donors (Lipinski definition) is 1. The molecule has 0 aliphatic heterocycles. The van der Waals surface area contributed by atoms with Crippen LogP contribution < -0.4 is 5.32 Å². The quantitative estimate of drug-likeness (QED) is 0.820. The number of para-hydroxylation sites is 1. The fourth-order valence-corrected chi connectivity index (χ4v) is 3.80. The van der Waals surface area contributed by atoms with Crippen LogP contribution in [0.15, 0.2) is 30.3 Å².